The molecule has 1 amide bonds. The van der Waals surface area contributed by atoms with Crippen LogP contribution < -0.4 is 10.9 Å². The van der Waals surface area contributed by atoms with Gasteiger partial charge in [-0.1, -0.05) is 61.2 Å². The highest BCUT2D eigenvalue weighted by Gasteiger charge is 2.19. The number of carbonyl (C=O) groups is 1. The molecule has 2 unspecified atom stereocenters. The number of benzene rings is 2. The van der Waals surface area contributed by atoms with Gasteiger partial charge in [0.2, 0.25) is 5.91 Å². The van der Waals surface area contributed by atoms with Gasteiger partial charge in [0.05, 0.1) is 16.2 Å². The second-order valence-electron chi connectivity index (χ2n) is 6.78. The van der Waals surface area contributed by atoms with E-state index in [9.17, 15) is 9.59 Å². The van der Waals surface area contributed by atoms with E-state index in [0.29, 0.717) is 29.1 Å². The van der Waals surface area contributed by atoms with E-state index < -0.39 is 0 Å². The van der Waals surface area contributed by atoms with Crippen LogP contribution in [0.1, 0.15) is 32.3 Å². The lowest BCUT2D eigenvalue weighted by Crippen LogP contribution is -2.34. The van der Waals surface area contributed by atoms with Gasteiger partial charge in [-0.3, -0.25) is 14.2 Å². The Labute approximate surface area is 169 Å². The Morgan fingerprint density at radius 1 is 1.11 bits per heavy atom. The minimum absolute atomic E-state index is 0.0576. The van der Waals surface area contributed by atoms with Crippen molar-refractivity contribution in [2.45, 2.75) is 43.6 Å². The summed E-state index contributed by atoms with van der Waals surface area (Å²) in [6.45, 7) is 6.92. The van der Waals surface area contributed by atoms with Crippen molar-refractivity contribution < 1.29 is 4.79 Å². The summed E-state index contributed by atoms with van der Waals surface area (Å²) in [5, 5.41) is 3.84. The van der Waals surface area contributed by atoms with Crippen molar-refractivity contribution >= 4 is 28.6 Å². The first-order valence-electron chi connectivity index (χ1n) is 9.50. The maximum absolute atomic E-state index is 12.7. The van der Waals surface area contributed by atoms with Crippen LogP contribution in [-0.4, -0.2) is 27.3 Å². The second kappa shape index (κ2) is 9.06. The van der Waals surface area contributed by atoms with Gasteiger partial charge in [-0.2, -0.15) is 0 Å². The van der Waals surface area contributed by atoms with Gasteiger partial charge in [0.15, 0.2) is 5.16 Å². The number of carbonyl (C=O) groups excluding carboxylic acids is 1. The molecule has 0 spiro atoms. The Kier molecular flexibility index (Phi) is 6.52. The molecule has 2 aromatic carbocycles. The van der Waals surface area contributed by atoms with Crippen LogP contribution in [0.25, 0.3) is 10.9 Å². The first kappa shape index (κ1) is 20.1. The highest BCUT2D eigenvalue weighted by molar-refractivity contribution is 8.00. The largest absolute Gasteiger partial charge is 0.355 e. The number of fused-ring (bicyclic) bond motifs is 1. The number of para-hydroxylation sites is 1. The number of hydrogen-bond acceptors (Lipinski definition) is 4. The molecule has 0 radical (unpaired) electrons. The number of hydrogen-bond donors (Lipinski definition) is 1. The fourth-order valence-electron chi connectivity index (χ4n) is 3.02. The molecule has 28 heavy (non-hydrogen) atoms. The summed E-state index contributed by atoms with van der Waals surface area (Å²) in [7, 11) is 0. The van der Waals surface area contributed by atoms with Crippen LogP contribution in [0.3, 0.4) is 0 Å². The number of aromatic nitrogens is 2. The molecule has 5 nitrogen and oxygen atoms in total. The van der Waals surface area contributed by atoms with Crippen LogP contribution in [0.4, 0.5) is 0 Å². The summed E-state index contributed by atoms with van der Waals surface area (Å²) < 4.78 is 1.63. The van der Waals surface area contributed by atoms with Crippen molar-refractivity contribution in [2.24, 2.45) is 0 Å². The van der Waals surface area contributed by atoms with Crippen molar-refractivity contribution in [3.8, 4) is 0 Å². The van der Waals surface area contributed by atoms with E-state index in [0.717, 1.165) is 0 Å². The monoisotopic (exact) mass is 395 g/mol. The van der Waals surface area contributed by atoms with E-state index in [2.05, 4.69) is 29.4 Å². The molecule has 6 heteroatoms. The maximum atomic E-state index is 12.7. The van der Waals surface area contributed by atoms with E-state index in [1.807, 2.05) is 50.2 Å². The number of rotatable bonds is 7. The fourth-order valence-corrected chi connectivity index (χ4v) is 4.02. The van der Waals surface area contributed by atoms with Gasteiger partial charge in [-0.25, -0.2) is 4.98 Å². The molecule has 3 aromatic rings. The fraction of sp³-hybridized carbons (Fsp3) is 0.318. The van der Waals surface area contributed by atoms with Crippen LogP contribution in [0.15, 0.2) is 64.5 Å². The summed E-state index contributed by atoms with van der Waals surface area (Å²) in [5.41, 5.74) is 1.78. The molecule has 1 N–H and O–H groups in total. The molecular formula is C22H25N3O2S. The zero-order valence-corrected chi connectivity index (χ0v) is 17.2. The van der Waals surface area contributed by atoms with E-state index >= 15 is 0 Å². The molecule has 0 aliphatic carbocycles. The lowest BCUT2D eigenvalue weighted by Gasteiger charge is -2.17. The van der Waals surface area contributed by atoms with Crippen molar-refractivity contribution in [1.82, 2.24) is 14.9 Å². The van der Waals surface area contributed by atoms with Gasteiger partial charge in [0, 0.05) is 13.1 Å². The van der Waals surface area contributed by atoms with Crippen LogP contribution >= 0.6 is 11.8 Å². The normalized spacial score (nSPS) is 13.2. The summed E-state index contributed by atoms with van der Waals surface area (Å²) in [6.07, 6.45) is 0. The number of thioether (sulfide) groups is 1. The lowest BCUT2D eigenvalue weighted by atomic mass is 10.0. The molecule has 0 saturated heterocycles. The number of amides is 1. The average Bonchev–Trinajstić information content (AvgIpc) is 2.72. The van der Waals surface area contributed by atoms with Crippen LogP contribution in [0.5, 0.6) is 0 Å². The summed E-state index contributed by atoms with van der Waals surface area (Å²) >= 11 is 1.32. The van der Waals surface area contributed by atoms with E-state index in [1.165, 1.54) is 17.3 Å². The van der Waals surface area contributed by atoms with Gasteiger partial charge in [0.1, 0.15) is 0 Å². The Balaban J connectivity index is 1.71. The molecule has 0 fully saturated rings. The lowest BCUT2D eigenvalue weighted by molar-refractivity contribution is -0.120. The molecule has 2 atom stereocenters. The van der Waals surface area contributed by atoms with E-state index in [1.54, 1.807) is 10.6 Å². The van der Waals surface area contributed by atoms with Gasteiger partial charge < -0.3 is 5.32 Å². The van der Waals surface area contributed by atoms with Crippen molar-refractivity contribution in [1.29, 1.82) is 0 Å². The van der Waals surface area contributed by atoms with Crippen LogP contribution in [0, 0.1) is 0 Å². The quantitative estimate of drug-likeness (QED) is 0.488. The third-order valence-electron chi connectivity index (χ3n) is 4.75. The molecular weight excluding hydrogens is 370 g/mol. The van der Waals surface area contributed by atoms with Crippen molar-refractivity contribution in [3.63, 3.8) is 0 Å². The molecule has 0 aliphatic heterocycles. The summed E-state index contributed by atoms with van der Waals surface area (Å²) in [6, 6.07) is 17.4. The molecule has 1 aromatic heterocycles. The molecule has 146 valence electrons. The van der Waals surface area contributed by atoms with Crippen LogP contribution in [0.2, 0.25) is 0 Å². The van der Waals surface area contributed by atoms with Gasteiger partial charge in [-0.05, 0) is 37.5 Å². The highest BCUT2D eigenvalue weighted by atomic mass is 32.2. The maximum Gasteiger partial charge on any atom is 0.262 e. The molecule has 0 bridgehead atoms. The summed E-state index contributed by atoms with van der Waals surface area (Å²) in [4.78, 5) is 29.9. The zero-order chi connectivity index (χ0) is 20.1. The summed E-state index contributed by atoms with van der Waals surface area (Å²) in [5.74, 6) is 0.174. The first-order chi connectivity index (χ1) is 13.5. The highest BCUT2D eigenvalue weighted by Crippen LogP contribution is 2.23. The van der Waals surface area contributed by atoms with E-state index in [-0.39, 0.29) is 22.6 Å². The predicted octanol–water partition coefficient (Wildman–Crippen LogP) is 3.82. The smallest absolute Gasteiger partial charge is 0.262 e. The second-order valence-corrected chi connectivity index (χ2v) is 8.09. The van der Waals surface area contributed by atoms with Gasteiger partial charge >= 0.3 is 0 Å². The third-order valence-corrected chi connectivity index (χ3v) is 5.84. The van der Waals surface area contributed by atoms with Crippen LogP contribution in [-0.2, 0) is 11.3 Å². The first-order valence-corrected chi connectivity index (χ1v) is 10.4. The number of nitrogens with one attached hydrogen (secondary N) is 1. The number of nitrogens with zero attached hydrogens (tertiary/aromatic N) is 2. The predicted molar refractivity (Wildman–Crippen MR) is 115 cm³/mol. The third kappa shape index (κ3) is 4.44. The Morgan fingerprint density at radius 2 is 1.79 bits per heavy atom. The Hall–Kier alpha value is -2.60. The van der Waals surface area contributed by atoms with Crippen molar-refractivity contribution in [3.05, 3.63) is 70.5 Å². The SMILES string of the molecule is CCn1c(SC(C)C(=O)NCC(C)c2ccccc2)nc2ccccc2c1=O. The Bertz CT molecular complexity index is 1020. The Morgan fingerprint density at radius 3 is 2.50 bits per heavy atom. The standard InChI is InChI=1S/C22H25N3O2S/c1-4-25-21(27)18-12-8-9-13-19(18)24-22(25)28-16(3)20(26)23-14-15(2)17-10-6-5-7-11-17/h5-13,15-16H,4,14H2,1-3H3,(H,23,26). The van der Waals surface area contributed by atoms with E-state index in [4.69, 9.17) is 0 Å². The van der Waals surface area contributed by atoms with Crippen molar-refractivity contribution in [2.75, 3.05) is 6.54 Å². The molecule has 3 rings (SSSR count). The minimum Gasteiger partial charge on any atom is -0.355 e. The zero-order valence-electron chi connectivity index (χ0n) is 16.4. The van der Waals surface area contributed by atoms with Gasteiger partial charge in [0.25, 0.3) is 5.56 Å². The average molecular weight is 396 g/mol. The van der Waals surface area contributed by atoms with Gasteiger partial charge in [-0.15, -0.1) is 0 Å². The molecule has 1 heterocycles. The topological polar surface area (TPSA) is 64.0 Å². The molecule has 0 aliphatic rings. The minimum atomic E-state index is -0.353. The molecule has 0 saturated carbocycles.